The van der Waals surface area contributed by atoms with Crippen molar-refractivity contribution in [1.29, 1.82) is 0 Å². The molecule has 1 heterocycles. The number of hydrogen-bond donors (Lipinski definition) is 3. The van der Waals surface area contributed by atoms with Gasteiger partial charge in [-0.3, -0.25) is 9.48 Å². The van der Waals surface area contributed by atoms with Crippen LogP contribution in [0.15, 0.2) is 0 Å². The van der Waals surface area contributed by atoms with E-state index in [1.165, 1.54) is 0 Å². The molecular formula is C13H21N3O4. The maximum absolute atomic E-state index is 11.7. The van der Waals surface area contributed by atoms with Gasteiger partial charge in [-0.05, 0) is 32.8 Å². The van der Waals surface area contributed by atoms with Gasteiger partial charge in [-0.25, -0.2) is 4.79 Å². The fourth-order valence-corrected chi connectivity index (χ4v) is 1.85. The number of carbonyl (C=O) groups excluding carboxylic acids is 1. The molecule has 1 amide bonds. The second-order valence-corrected chi connectivity index (χ2v) is 5.13. The normalized spacial score (nSPS) is 13.8. The minimum absolute atomic E-state index is 0.225. The van der Waals surface area contributed by atoms with E-state index in [9.17, 15) is 14.7 Å². The van der Waals surface area contributed by atoms with Crippen LogP contribution in [0.25, 0.3) is 0 Å². The third-order valence-electron chi connectivity index (χ3n) is 3.35. The van der Waals surface area contributed by atoms with Gasteiger partial charge in [0.15, 0.2) is 5.60 Å². The lowest BCUT2D eigenvalue weighted by Crippen LogP contribution is -2.46. The van der Waals surface area contributed by atoms with Gasteiger partial charge in [-0.1, -0.05) is 0 Å². The molecule has 0 aliphatic carbocycles. The SMILES string of the molecule is Cc1nn(C)c(C)c1CCC(=O)NCC(C)(O)C(=O)O. The molecule has 0 radical (unpaired) electrons. The summed E-state index contributed by atoms with van der Waals surface area (Å²) in [4.78, 5) is 22.4. The van der Waals surface area contributed by atoms with Crippen molar-refractivity contribution in [3.05, 3.63) is 17.0 Å². The topological polar surface area (TPSA) is 104 Å². The molecule has 0 aromatic carbocycles. The maximum atomic E-state index is 11.7. The van der Waals surface area contributed by atoms with Crippen LogP contribution in [-0.4, -0.2) is 44.0 Å². The lowest BCUT2D eigenvalue weighted by molar-refractivity contribution is -0.156. The molecule has 0 fully saturated rings. The number of aromatic nitrogens is 2. The summed E-state index contributed by atoms with van der Waals surface area (Å²) in [5.41, 5.74) is 0.964. The Balaban J connectivity index is 2.50. The van der Waals surface area contributed by atoms with Crippen LogP contribution < -0.4 is 5.32 Å². The monoisotopic (exact) mass is 283 g/mol. The number of aliphatic carboxylic acids is 1. The van der Waals surface area contributed by atoms with Gasteiger partial charge >= 0.3 is 5.97 Å². The molecule has 1 atom stereocenters. The molecule has 0 spiro atoms. The second-order valence-electron chi connectivity index (χ2n) is 5.13. The Labute approximate surface area is 117 Å². The molecular weight excluding hydrogens is 262 g/mol. The molecule has 7 nitrogen and oxygen atoms in total. The molecule has 1 unspecified atom stereocenters. The summed E-state index contributed by atoms with van der Waals surface area (Å²) in [5.74, 6) is -1.66. The second kappa shape index (κ2) is 6.04. The Morgan fingerprint density at radius 3 is 2.45 bits per heavy atom. The van der Waals surface area contributed by atoms with Gasteiger partial charge in [-0.2, -0.15) is 5.10 Å². The molecule has 7 heteroatoms. The highest BCUT2D eigenvalue weighted by molar-refractivity contribution is 5.80. The first-order chi connectivity index (χ1) is 9.15. The average molecular weight is 283 g/mol. The number of carbonyl (C=O) groups is 2. The van der Waals surface area contributed by atoms with Crippen molar-refractivity contribution in [2.45, 2.75) is 39.2 Å². The van der Waals surface area contributed by atoms with Crippen LogP contribution in [0.3, 0.4) is 0 Å². The zero-order valence-electron chi connectivity index (χ0n) is 12.2. The summed E-state index contributed by atoms with van der Waals surface area (Å²) in [7, 11) is 1.84. The minimum atomic E-state index is -1.95. The zero-order valence-corrected chi connectivity index (χ0v) is 12.2. The molecule has 0 bridgehead atoms. The number of aryl methyl sites for hydroxylation is 2. The quantitative estimate of drug-likeness (QED) is 0.677. The van der Waals surface area contributed by atoms with E-state index in [0.717, 1.165) is 23.9 Å². The van der Waals surface area contributed by atoms with Crippen molar-refractivity contribution >= 4 is 11.9 Å². The molecule has 1 rings (SSSR count). The summed E-state index contributed by atoms with van der Waals surface area (Å²) in [5, 5.41) is 24.9. The van der Waals surface area contributed by atoms with Gasteiger partial charge in [0.1, 0.15) is 0 Å². The van der Waals surface area contributed by atoms with Crippen molar-refractivity contribution in [3.63, 3.8) is 0 Å². The van der Waals surface area contributed by atoms with Crippen molar-refractivity contribution in [2.24, 2.45) is 7.05 Å². The van der Waals surface area contributed by atoms with E-state index in [1.54, 1.807) is 4.68 Å². The van der Waals surface area contributed by atoms with E-state index >= 15 is 0 Å². The van der Waals surface area contributed by atoms with Gasteiger partial charge in [-0.15, -0.1) is 0 Å². The summed E-state index contributed by atoms with van der Waals surface area (Å²) >= 11 is 0. The highest BCUT2D eigenvalue weighted by Crippen LogP contribution is 2.14. The molecule has 0 aliphatic heterocycles. The van der Waals surface area contributed by atoms with Crippen molar-refractivity contribution in [1.82, 2.24) is 15.1 Å². The number of aliphatic hydroxyl groups is 1. The summed E-state index contributed by atoms with van der Waals surface area (Å²) in [6.07, 6.45) is 0.760. The predicted molar refractivity (Wildman–Crippen MR) is 72.3 cm³/mol. The molecule has 0 saturated carbocycles. The Hall–Kier alpha value is -1.89. The van der Waals surface area contributed by atoms with Crippen molar-refractivity contribution < 1.29 is 19.8 Å². The number of hydrogen-bond acceptors (Lipinski definition) is 4. The fourth-order valence-electron chi connectivity index (χ4n) is 1.85. The fraction of sp³-hybridized carbons (Fsp3) is 0.615. The Bertz CT molecular complexity index is 520. The minimum Gasteiger partial charge on any atom is -0.479 e. The molecule has 112 valence electrons. The lowest BCUT2D eigenvalue weighted by atomic mass is 10.1. The largest absolute Gasteiger partial charge is 0.479 e. The molecule has 1 aromatic rings. The van der Waals surface area contributed by atoms with Gasteiger partial charge in [0.25, 0.3) is 0 Å². The van der Waals surface area contributed by atoms with E-state index < -0.39 is 11.6 Å². The zero-order chi connectivity index (χ0) is 15.5. The van der Waals surface area contributed by atoms with Gasteiger partial charge in [0, 0.05) is 19.2 Å². The van der Waals surface area contributed by atoms with E-state index in [0.29, 0.717) is 6.42 Å². The highest BCUT2D eigenvalue weighted by Gasteiger charge is 2.30. The van der Waals surface area contributed by atoms with Crippen LogP contribution in [0.5, 0.6) is 0 Å². The summed E-state index contributed by atoms with van der Waals surface area (Å²) in [6.45, 7) is 4.65. The average Bonchev–Trinajstić information content (AvgIpc) is 2.59. The number of nitrogens with one attached hydrogen (secondary N) is 1. The first kappa shape index (κ1) is 16.2. The summed E-state index contributed by atoms with van der Waals surface area (Å²) in [6, 6.07) is 0. The van der Waals surface area contributed by atoms with Gasteiger partial charge in [0.2, 0.25) is 5.91 Å². The number of nitrogens with zero attached hydrogens (tertiary/aromatic N) is 2. The number of rotatable bonds is 6. The standard InChI is InChI=1S/C13H21N3O4/c1-8-10(9(2)16(4)15-8)5-6-11(17)14-7-13(3,20)12(18)19/h20H,5-7H2,1-4H3,(H,14,17)(H,18,19). The molecule has 0 aliphatic rings. The third-order valence-corrected chi connectivity index (χ3v) is 3.35. The van der Waals surface area contributed by atoms with E-state index in [4.69, 9.17) is 5.11 Å². The molecule has 1 aromatic heterocycles. The number of amides is 1. The van der Waals surface area contributed by atoms with Crippen LogP contribution in [0.1, 0.15) is 30.3 Å². The van der Waals surface area contributed by atoms with Crippen LogP contribution >= 0.6 is 0 Å². The molecule has 3 N–H and O–H groups in total. The van der Waals surface area contributed by atoms with Crippen molar-refractivity contribution in [3.8, 4) is 0 Å². The maximum Gasteiger partial charge on any atom is 0.337 e. The van der Waals surface area contributed by atoms with Crippen LogP contribution in [0.2, 0.25) is 0 Å². The van der Waals surface area contributed by atoms with Gasteiger partial charge < -0.3 is 15.5 Å². The lowest BCUT2D eigenvalue weighted by Gasteiger charge is -2.18. The van der Waals surface area contributed by atoms with Crippen LogP contribution in [0, 0.1) is 13.8 Å². The Kier molecular flexibility index (Phi) is 4.88. The predicted octanol–water partition coefficient (Wildman–Crippen LogP) is -0.0787. The highest BCUT2D eigenvalue weighted by atomic mass is 16.4. The van der Waals surface area contributed by atoms with E-state index in [-0.39, 0.29) is 18.9 Å². The van der Waals surface area contributed by atoms with E-state index in [1.807, 2.05) is 20.9 Å². The Morgan fingerprint density at radius 2 is 2.00 bits per heavy atom. The first-order valence-corrected chi connectivity index (χ1v) is 6.36. The van der Waals surface area contributed by atoms with Crippen LogP contribution in [-0.2, 0) is 23.1 Å². The summed E-state index contributed by atoms with van der Waals surface area (Å²) < 4.78 is 1.76. The number of carboxylic acid groups (broad SMARTS) is 1. The van der Waals surface area contributed by atoms with Gasteiger partial charge in [0.05, 0.1) is 12.2 Å². The smallest absolute Gasteiger partial charge is 0.337 e. The first-order valence-electron chi connectivity index (χ1n) is 6.36. The number of carboxylic acids is 1. The third kappa shape index (κ3) is 3.80. The molecule has 20 heavy (non-hydrogen) atoms. The van der Waals surface area contributed by atoms with Crippen molar-refractivity contribution in [2.75, 3.05) is 6.54 Å². The molecule has 0 saturated heterocycles. The van der Waals surface area contributed by atoms with E-state index in [2.05, 4.69) is 10.4 Å². The Morgan fingerprint density at radius 1 is 1.40 bits per heavy atom. The van der Waals surface area contributed by atoms with Crippen LogP contribution in [0.4, 0.5) is 0 Å².